The van der Waals surface area contributed by atoms with E-state index in [9.17, 15) is 0 Å². The Bertz CT molecular complexity index is 776. The van der Waals surface area contributed by atoms with Crippen molar-refractivity contribution >= 4 is 20.4 Å². The molecule has 1 radical (unpaired) electrons. The lowest BCUT2D eigenvalue weighted by Gasteiger charge is -2.13. The SMILES string of the molecule is C[Si](C)Oc1ccccc1N=C(c1ccccc1)c1cccnc1. The predicted molar refractivity (Wildman–Crippen MR) is 101 cm³/mol. The van der Waals surface area contributed by atoms with Gasteiger partial charge in [-0.3, -0.25) is 4.98 Å². The first-order valence-corrected chi connectivity index (χ1v) is 10.3. The number of aromatic nitrogens is 1. The fraction of sp³-hybridized carbons (Fsp3) is 0.100. The van der Waals surface area contributed by atoms with Crippen LogP contribution in [0.2, 0.25) is 13.1 Å². The smallest absolute Gasteiger partial charge is 0.274 e. The van der Waals surface area contributed by atoms with Crippen molar-refractivity contribution in [3.05, 3.63) is 90.3 Å². The molecule has 0 aliphatic heterocycles. The second-order valence-electron chi connectivity index (χ2n) is 5.55. The Balaban J connectivity index is 2.12. The quantitative estimate of drug-likeness (QED) is 0.493. The van der Waals surface area contributed by atoms with E-state index in [2.05, 4.69) is 30.2 Å². The Morgan fingerprint density at radius 3 is 2.29 bits per heavy atom. The molecule has 0 fully saturated rings. The largest absolute Gasteiger partial charge is 0.541 e. The summed E-state index contributed by atoms with van der Waals surface area (Å²) in [6, 6.07) is 22.0. The van der Waals surface area contributed by atoms with Crippen LogP contribution in [0, 0.1) is 0 Å². The van der Waals surface area contributed by atoms with E-state index in [1.54, 1.807) is 6.20 Å². The Morgan fingerprint density at radius 2 is 1.58 bits per heavy atom. The highest BCUT2D eigenvalue weighted by Gasteiger charge is 2.10. The molecule has 4 heteroatoms. The molecular weight excluding hydrogens is 312 g/mol. The van der Waals surface area contributed by atoms with Crippen LogP contribution in [-0.2, 0) is 0 Å². The van der Waals surface area contributed by atoms with Gasteiger partial charge in [0.1, 0.15) is 11.4 Å². The molecule has 0 aliphatic rings. The van der Waals surface area contributed by atoms with Crippen LogP contribution < -0.4 is 4.43 Å². The molecule has 0 aliphatic carbocycles. The molecule has 3 aromatic rings. The summed E-state index contributed by atoms with van der Waals surface area (Å²) in [6.07, 6.45) is 3.61. The van der Waals surface area contributed by atoms with Crippen molar-refractivity contribution < 1.29 is 4.43 Å². The summed E-state index contributed by atoms with van der Waals surface area (Å²) in [5.74, 6) is 0.828. The molecule has 0 saturated heterocycles. The lowest BCUT2D eigenvalue weighted by atomic mass is 10.0. The molecular formula is C20H19N2OSi. The van der Waals surface area contributed by atoms with Crippen LogP contribution in [0.25, 0.3) is 0 Å². The predicted octanol–water partition coefficient (Wildman–Crippen LogP) is 4.88. The molecule has 0 spiro atoms. The van der Waals surface area contributed by atoms with Gasteiger partial charge in [0, 0.05) is 23.5 Å². The van der Waals surface area contributed by atoms with E-state index in [0.717, 1.165) is 28.3 Å². The van der Waals surface area contributed by atoms with Crippen molar-refractivity contribution in [3.8, 4) is 5.75 Å². The number of pyridine rings is 1. The summed E-state index contributed by atoms with van der Waals surface area (Å²) in [5, 5.41) is 0. The van der Waals surface area contributed by atoms with Crippen molar-refractivity contribution in [2.45, 2.75) is 13.1 Å². The standard InChI is InChI=1S/C20H19N2OSi/c1-24(2)23-19-13-7-6-12-18(19)22-20(16-9-4-3-5-10-16)17-11-8-14-21-15-17/h3-15H,1-2H3. The first-order valence-electron chi connectivity index (χ1n) is 7.85. The van der Waals surface area contributed by atoms with Gasteiger partial charge < -0.3 is 4.43 Å². The van der Waals surface area contributed by atoms with Crippen LogP contribution in [0.3, 0.4) is 0 Å². The van der Waals surface area contributed by atoms with Crippen LogP contribution in [0.4, 0.5) is 5.69 Å². The fourth-order valence-corrected chi connectivity index (χ4v) is 2.98. The van der Waals surface area contributed by atoms with E-state index in [4.69, 9.17) is 9.42 Å². The van der Waals surface area contributed by atoms with Gasteiger partial charge in [0.25, 0.3) is 9.04 Å². The molecule has 119 valence electrons. The van der Waals surface area contributed by atoms with Crippen molar-refractivity contribution in [3.63, 3.8) is 0 Å². The van der Waals surface area contributed by atoms with Crippen molar-refractivity contribution in [2.75, 3.05) is 0 Å². The number of para-hydroxylation sites is 2. The normalized spacial score (nSPS) is 11.5. The number of hydrogen-bond acceptors (Lipinski definition) is 3. The van der Waals surface area contributed by atoms with Crippen LogP contribution in [-0.4, -0.2) is 19.7 Å². The molecule has 0 atom stereocenters. The summed E-state index contributed by atoms with van der Waals surface area (Å²) in [5.41, 5.74) is 3.77. The van der Waals surface area contributed by atoms with Gasteiger partial charge in [0.15, 0.2) is 0 Å². The van der Waals surface area contributed by atoms with Gasteiger partial charge in [-0.1, -0.05) is 42.5 Å². The van der Waals surface area contributed by atoms with Crippen LogP contribution >= 0.6 is 0 Å². The second-order valence-corrected chi connectivity index (χ2v) is 7.57. The second kappa shape index (κ2) is 7.70. The minimum absolute atomic E-state index is 0.828. The number of rotatable bonds is 5. The number of nitrogens with zero attached hydrogens (tertiary/aromatic N) is 2. The maximum absolute atomic E-state index is 6.00. The molecule has 0 unspecified atom stereocenters. The van der Waals surface area contributed by atoms with Gasteiger partial charge in [-0.05, 0) is 37.4 Å². The van der Waals surface area contributed by atoms with Crippen LogP contribution in [0.5, 0.6) is 5.75 Å². The van der Waals surface area contributed by atoms with E-state index < -0.39 is 9.04 Å². The van der Waals surface area contributed by atoms with E-state index >= 15 is 0 Å². The molecule has 0 saturated carbocycles. The lowest BCUT2D eigenvalue weighted by molar-refractivity contribution is 0.582. The zero-order chi connectivity index (χ0) is 16.8. The van der Waals surface area contributed by atoms with Crippen molar-refractivity contribution in [1.29, 1.82) is 0 Å². The monoisotopic (exact) mass is 331 g/mol. The van der Waals surface area contributed by atoms with Gasteiger partial charge in [0.2, 0.25) is 0 Å². The molecule has 1 heterocycles. The highest BCUT2D eigenvalue weighted by molar-refractivity contribution is 6.49. The zero-order valence-electron chi connectivity index (χ0n) is 13.8. The van der Waals surface area contributed by atoms with E-state index in [0.29, 0.717) is 0 Å². The number of hydrogen-bond donors (Lipinski definition) is 0. The van der Waals surface area contributed by atoms with Gasteiger partial charge in [-0.2, -0.15) is 0 Å². The molecule has 3 rings (SSSR count). The molecule has 24 heavy (non-hydrogen) atoms. The summed E-state index contributed by atoms with van der Waals surface area (Å²) >= 11 is 0. The Hall–Kier alpha value is -2.72. The third-order valence-electron chi connectivity index (χ3n) is 3.39. The Labute approximate surface area is 144 Å². The summed E-state index contributed by atoms with van der Waals surface area (Å²) in [7, 11) is -0.854. The van der Waals surface area contributed by atoms with Crippen molar-refractivity contribution in [2.24, 2.45) is 4.99 Å². The van der Waals surface area contributed by atoms with Crippen molar-refractivity contribution in [1.82, 2.24) is 4.98 Å². The average Bonchev–Trinajstić information content (AvgIpc) is 2.62. The molecule has 0 amide bonds. The minimum Gasteiger partial charge on any atom is -0.541 e. The van der Waals surface area contributed by atoms with E-state index in [-0.39, 0.29) is 0 Å². The average molecular weight is 331 g/mol. The first-order chi connectivity index (χ1) is 11.7. The van der Waals surface area contributed by atoms with Gasteiger partial charge in [0.05, 0.1) is 5.71 Å². The minimum atomic E-state index is -0.854. The maximum atomic E-state index is 6.00. The summed E-state index contributed by atoms with van der Waals surface area (Å²) in [4.78, 5) is 9.16. The topological polar surface area (TPSA) is 34.5 Å². The lowest BCUT2D eigenvalue weighted by Crippen LogP contribution is -2.11. The highest BCUT2D eigenvalue weighted by Crippen LogP contribution is 2.29. The maximum Gasteiger partial charge on any atom is 0.274 e. The molecule has 3 nitrogen and oxygen atoms in total. The molecule has 2 aromatic carbocycles. The summed E-state index contributed by atoms with van der Waals surface area (Å²) < 4.78 is 6.00. The van der Waals surface area contributed by atoms with Gasteiger partial charge >= 0.3 is 0 Å². The molecule has 1 aromatic heterocycles. The third kappa shape index (κ3) is 3.97. The van der Waals surface area contributed by atoms with E-state index in [1.165, 1.54) is 0 Å². The highest BCUT2D eigenvalue weighted by atomic mass is 28.3. The molecule has 0 N–H and O–H groups in total. The van der Waals surface area contributed by atoms with E-state index in [1.807, 2.05) is 60.8 Å². The van der Waals surface area contributed by atoms with Crippen LogP contribution in [0.15, 0.2) is 84.1 Å². The van der Waals surface area contributed by atoms with Gasteiger partial charge in [-0.25, -0.2) is 4.99 Å². The Kier molecular flexibility index (Phi) is 5.18. The fourth-order valence-electron chi connectivity index (χ4n) is 2.37. The Morgan fingerprint density at radius 1 is 0.875 bits per heavy atom. The van der Waals surface area contributed by atoms with Gasteiger partial charge in [-0.15, -0.1) is 0 Å². The third-order valence-corrected chi connectivity index (χ3v) is 4.02. The number of aliphatic imine (C=N–C) groups is 1. The molecule has 0 bridgehead atoms. The zero-order valence-corrected chi connectivity index (χ0v) is 14.8. The number of benzene rings is 2. The first kappa shape index (κ1) is 16.1. The summed E-state index contributed by atoms with van der Waals surface area (Å²) in [6.45, 7) is 4.23. The van der Waals surface area contributed by atoms with Crippen LogP contribution in [0.1, 0.15) is 11.1 Å².